The van der Waals surface area contributed by atoms with E-state index in [4.69, 9.17) is 10.5 Å². The Hall–Kier alpha value is -3.35. The Morgan fingerprint density at radius 3 is 3.00 bits per heavy atom. The molecule has 3 rings (SSSR count). The highest BCUT2D eigenvalue weighted by atomic mass is 16.5. The third kappa shape index (κ3) is 4.62. The number of rotatable bonds is 7. The molecule has 7 nitrogen and oxygen atoms in total. The van der Waals surface area contributed by atoms with Gasteiger partial charge in [0.15, 0.2) is 0 Å². The van der Waals surface area contributed by atoms with Crippen LogP contribution in [0.4, 0.5) is 11.4 Å². The lowest BCUT2D eigenvalue weighted by molar-refractivity contribution is 0.0601. The minimum Gasteiger partial charge on any atom is -0.465 e. The van der Waals surface area contributed by atoms with Crippen molar-refractivity contribution in [2.75, 3.05) is 38.0 Å². The number of nitrogens with zero attached hydrogens (tertiary/aromatic N) is 3. The molecule has 1 aromatic carbocycles. The average molecular weight is 408 g/mol. The van der Waals surface area contributed by atoms with Crippen LogP contribution in [-0.2, 0) is 11.2 Å². The number of allylic oxidation sites excluding steroid dienone is 1. The summed E-state index contributed by atoms with van der Waals surface area (Å²) in [6.07, 6.45) is 9.85. The number of hydrogen-bond acceptors (Lipinski definition) is 7. The number of nitrogens with two attached hydrogens (primary N) is 1. The van der Waals surface area contributed by atoms with Crippen LogP contribution in [-0.4, -0.2) is 44.9 Å². The van der Waals surface area contributed by atoms with Crippen LogP contribution < -0.4 is 16.0 Å². The van der Waals surface area contributed by atoms with Crippen molar-refractivity contribution in [2.45, 2.75) is 25.2 Å². The molecule has 0 aliphatic heterocycles. The zero-order valence-corrected chi connectivity index (χ0v) is 17.8. The van der Waals surface area contributed by atoms with Gasteiger partial charge in [-0.05, 0) is 48.6 Å². The maximum absolute atomic E-state index is 12.0. The minimum atomic E-state index is -0.365. The van der Waals surface area contributed by atoms with E-state index >= 15 is 0 Å². The number of aliphatic imine (C=N–C) groups is 1. The number of carbonyl (C=O) groups is 1. The van der Waals surface area contributed by atoms with Gasteiger partial charge in [-0.1, -0.05) is 6.07 Å². The zero-order chi connectivity index (χ0) is 21.5. The van der Waals surface area contributed by atoms with Crippen molar-refractivity contribution < 1.29 is 9.53 Å². The van der Waals surface area contributed by atoms with Gasteiger partial charge in [0.05, 0.1) is 30.3 Å². The number of esters is 1. The Balaban J connectivity index is 1.78. The summed E-state index contributed by atoms with van der Waals surface area (Å²) in [5.74, 6) is -0.00320. The van der Waals surface area contributed by atoms with Gasteiger partial charge in [0, 0.05) is 50.9 Å². The van der Waals surface area contributed by atoms with Crippen molar-refractivity contribution in [3.63, 3.8) is 0 Å². The molecule has 1 aliphatic carbocycles. The second-order valence-corrected chi connectivity index (χ2v) is 7.30. The van der Waals surface area contributed by atoms with Gasteiger partial charge < -0.3 is 20.7 Å². The number of methoxy groups -OCH3 is 1. The molecule has 0 amide bonds. The van der Waals surface area contributed by atoms with Crippen LogP contribution in [0.1, 0.15) is 40.2 Å². The first-order chi connectivity index (χ1) is 14.6. The van der Waals surface area contributed by atoms with Crippen LogP contribution in [0.25, 0.3) is 0 Å². The third-order valence-electron chi connectivity index (χ3n) is 5.54. The molecule has 158 valence electrons. The van der Waals surface area contributed by atoms with Gasteiger partial charge in [-0.2, -0.15) is 0 Å². The summed E-state index contributed by atoms with van der Waals surface area (Å²) in [4.78, 5) is 22.2. The molecule has 1 heterocycles. The first-order valence-electron chi connectivity index (χ1n) is 10.1. The standard InChI is InChI=1S/C23H29N5O2/c1-25-14-19(12-24)28(2)18-7-8-20-16(11-18)5-4-6-17(20)13-27-22-15-26-10-9-21(22)23(29)30-3/h7-12,14-15,17,27H,4-6,13,24H2,1-3H3/t17-/m0/s1. The number of aryl methyl sites for hydroxylation is 1. The van der Waals surface area contributed by atoms with Crippen LogP contribution >= 0.6 is 0 Å². The molecule has 1 aromatic heterocycles. The summed E-state index contributed by atoms with van der Waals surface area (Å²) in [5, 5.41) is 3.40. The Morgan fingerprint density at radius 2 is 2.27 bits per heavy atom. The monoisotopic (exact) mass is 407 g/mol. The molecule has 0 unspecified atom stereocenters. The number of ether oxygens (including phenoxy) is 1. The summed E-state index contributed by atoms with van der Waals surface area (Å²) in [7, 11) is 5.10. The summed E-state index contributed by atoms with van der Waals surface area (Å²) in [5.41, 5.74) is 11.6. The Labute approximate surface area is 177 Å². The normalized spacial score (nSPS) is 16.2. The van der Waals surface area contributed by atoms with Crippen LogP contribution in [0.2, 0.25) is 0 Å². The third-order valence-corrected chi connectivity index (χ3v) is 5.54. The maximum Gasteiger partial charge on any atom is 0.340 e. The van der Waals surface area contributed by atoms with E-state index in [0.717, 1.165) is 37.2 Å². The topological polar surface area (TPSA) is 92.8 Å². The lowest BCUT2D eigenvalue weighted by Crippen LogP contribution is -2.22. The van der Waals surface area contributed by atoms with Gasteiger partial charge in [0.25, 0.3) is 0 Å². The van der Waals surface area contributed by atoms with Gasteiger partial charge in [-0.15, -0.1) is 0 Å². The van der Waals surface area contributed by atoms with Crippen molar-refractivity contribution in [3.05, 3.63) is 65.2 Å². The lowest BCUT2D eigenvalue weighted by atomic mass is 9.82. The Bertz CT molecular complexity index is 954. The van der Waals surface area contributed by atoms with E-state index < -0.39 is 0 Å². The lowest BCUT2D eigenvalue weighted by Gasteiger charge is -2.28. The number of benzene rings is 1. The van der Waals surface area contributed by atoms with Crippen molar-refractivity contribution in [2.24, 2.45) is 10.7 Å². The zero-order valence-electron chi connectivity index (χ0n) is 17.8. The highest BCUT2D eigenvalue weighted by Crippen LogP contribution is 2.34. The molecule has 30 heavy (non-hydrogen) atoms. The predicted octanol–water partition coefficient (Wildman–Crippen LogP) is 3.34. The van der Waals surface area contributed by atoms with Gasteiger partial charge in [-0.3, -0.25) is 9.98 Å². The predicted molar refractivity (Wildman–Crippen MR) is 121 cm³/mol. The van der Waals surface area contributed by atoms with Gasteiger partial charge in [0.2, 0.25) is 0 Å². The molecular weight excluding hydrogens is 378 g/mol. The van der Waals surface area contributed by atoms with Crippen molar-refractivity contribution in [1.29, 1.82) is 0 Å². The van der Waals surface area contributed by atoms with Gasteiger partial charge in [0.1, 0.15) is 0 Å². The van der Waals surface area contributed by atoms with E-state index in [0.29, 0.717) is 17.2 Å². The number of nitrogens with one attached hydrogen (secondary N) is 1. The van der Waals surface area contributed by atoms with Crippen molar-refractivity contribution in [3.8, 4) is 0 Å². The molecule has 0 spiro atoms. The molecule has 3 N–H and O–H groups in total. The molecule has 0 saturated heterocycles. The first-order valence-corrected chi connectivity index (χ1v) is 10.1. The molecular formula is C23H29N5O2. The fourth-order valence-corrected chi connectivity index (χ4v) is 3.90. The molecule has 1 atom stereocenters. The van der Waals surface area contributed by atoms with Crippen LogP contribution in [0, 0.1) is 0 Å². The second kappa shape index (κ2) is 9.91. The highest BCUT2D eigenvalue weighted by molar-refractivity contribution is 5.95. The summed E-state index contributed by atoms with van der Waals surface area (Å²) in [6.45, 7) is 0.730. The summed E-state index contributed by atoms with van der Waals surface area (Å²) in [6, 6.07) is 8.23. The number of fused-ring (bicyclic) bond motifs is 1. The van der Waals surface area contributed by atoms with E-state index in [1.54, 1.807) is 37.9 Å². The number of pyridine rings is 1. The van der Waals surface area contributed by atoms with Crippen LogP contribution in [0.15, 0.2) is 53.5 Å². The van der Waals surface area contributed by atoms with E-state index in [1.807, 2.05) is 11.9 Å². The maximum atomic E-state index is 12.0. The van der Waals surface area contributed by atoms with Crippen LogP contribution in [0.3, 0.4) is 0 Å². The molecule has 2 aromatic rings. The fourth-order valence-electron chi connectivity index (χ4n) is 3.90. The molecule has 0 bridgehead atoms. The van der Waals surface area contributed by atoms with Crippen molar-refractivity contribution in [1.82, 2.24) is 4.98 Å². The fraction of sp³-hybridized carbons (Fsp3) is 0.348. The van der Waals surface area contributed by atoms with Crippen LogP contribution in [0.5, 0.6) is 0 Å². The van der Waals surface area contributed by atoms with E-state index in [9.17, 15) is 4.79 Å². The highest BCUT2D eigenvalue weighted by Gasteiger charge is 2.22. The smallest absolute Gasteiger partial charge is 0.340 e. The van der Waals surface area contributed by atoms with Crippen molar-refractivity contribution >= 4 is 23.6 Å². The molecule has 0 radical (unpaired) electrons. The number of carbonyl (C=O) groups excluding carboxylic acids is 1. The summed E-state index contributed by atoms with van der Waals surface area (Å²) < 4.78 is 4.87. The minimum absolute atomic E-state index is 0.362. The largest absolute Gasteiger partial charge is 0.465 e. The molecule has 0 fully saturated rings. The molecule has 1 aliphatic rings. The number of anilines is 2. The molecule has 0 saturated carbocycles. The van der Waals surface area contributed by atoms with E-state index in [2.05, 4.69) is 33.5 Å². The van der Waals surface area contributed by atoms with Gasteiger partial charge >= 0.3 is 5.97 Å². The Morgan fingerprint density at radius 1 is 1.43 bits per heavy atom. The average Bonchev–Trinajstić information content (AvgIpc) is 2.80. The molecule has 7 heteroatoms. The number of hydrogen-bond donors (Lipinski definition) is 2. The van der Waals surface area contributed by atoms with E-state index in [1.165, 1.54) is 18.2 Å². The Kier molecular flexibility index (Phi) is 7.06. The second-order valence-electron chi connectivity index (χ2n) is 7.30. The SMILES string of the molecule is CN=CC(=CN)N(C)c1ccc2c(c1)CCC[C@H]2CNc1cnccc1C(=O)OC. The van der Waals surface area contributed by atoms with Gasteiger partial charge in [-0.25, -0.2) is 4.79 Å². The quantitative estimate of drug-likeness (QED) is 0.540. The summed E-state index contributed by atoms with van der Waals surface area (Å²) >= 11 is 0. The number of aromatic nitrogens is 1. The van der Waals surface area contributed by atoms with E-state index in [-0.39, 0.29) is 5.97 Å². The first kappa shape index (κ1) is 21.4.